The van der Waals surface area contributed by atoms with Crippen LogP contribution in [0.5, 0.6) is 0 Å². The molecular formula is C18H26N2O3. The van der Waals surface area contributed by atoms with E-state index < -0.39 is 5.97 Å². The van der Waals surface area contributed by atoms with Crippen LogP contribution in [0.1, 0.15) is 42.4 Å². The first-order chi connectivity index (χ1) is 10.9. The van der Waals surface area contributed by atoms with Gasteiger partial charge in [0, 0.05) is 19.6 Å². The molecule has 1 aliphatic rings. The van der Waals surface area contributed by atoms with Crippen LogP contribution in [0.3, 0.4) is 0 Å². The Morgan fingerprint density at radius 2 is 1.83 bits per heavy atom. The largest absolute Gasteiger partial charge is 0.481 e. The molecule has 1 fully saturated rings. The Kier molecular flexibility index (Phi) is 5.64. The number of hydrogen-bond donors (Lipinski definition) is 2. The van der Waals surface area contributed by atoms with Crippen molar-refractivity contribution in [3.8, 4) is 0 Å². The average Bonchev–Trinajstić information content (AvgIpc) is 2.51. The second kappa shape index (κ2) is 7.49. The number of urea groups is 1. The molecule has 0 saturated heterocycles. The van der Waals surface area contributed by atoms with Crippen molar-refractivity contribution in [3.05, 3.63) is 34.9 Å². The summed E-state index contributed by atoms with van der Waals surface area (Å²) in [5.74, 6) is -0.974. The van der Waals surface area contributed by atoms with Gasteiger partial charge in [0.05, 0.1) is 5.92 Å². The van der Waals surface area contributed by atoms with Crippen molar-refractivity contribution in [3.63, 3.8) is 0 Å². The number of aliphatic carboxylic acids is 1. The minimum atomic E-state index is -0.721. The molecule has 0 aromatic heterocycles. The molecular weight excluding hydrogens is 292 g/mol. The summed E-state index contributed by atoms with van der Waals surface area (Å²) in [5, 5.41) is 12.0. The van der Waals surface area contributed by atoms with Gasteiger partial charge < -0.3 is 15.3 Å². The molecule has 2 N–H and O–H groups in total. The van der Waals surface area contributed by atoms with Crippen molar-refractivity contribution in [2.75, 3.05) is 7.05 Å². The maximum absolute atomic E-state index is 12.3. The van der Waals surface area contributed by atoms with Crippen LogP contribution in [0, 0.1) is 19.8 Å². The summed E-state index contributed by atoms with van der Waals surface area (Å²) in [6.45, 7) is 4.71. The molecule has 0 bridgehead atoms. The molecule has 0 unspecified atom stereocenters. The Bertz CT molecular complexity index is 578. The number of amides is 2. The maximum Gasteiger partial charge on any atom is 0.317 e. The summed E-state index contributed by atoms with van der Waals surface area (Å²) >= 11 is 0. The third kappa shape index (κ3) is 4.71. The topological polar surface area (TPSA) is 69.6 Å². The molecule has 0 radical (unpaired) electrons. The van der Waals surface area contributed by atoms with Crippen LogP contribution in [0.4, 0.5) is 4.79 Å². The van der Waals surface area contributed by atoms with Gasteiger partial charge in [-0.15, -0.1) is 0 Å². The van der Waals surface area contributed by atoms with E-state index in [1.54, 1.807) is 11.9 Å². The monoisotopic (exact) mass is 318 g/mol. The van der Waals surface area contributed by atoms with Crippen LogP contribution in [-0.2, 0) is 11.3 Å². The fraction of sp³-hybridized carbons (Fsp3) is 0.556. The Morgan fingerprint density at radius 1 is 1.17 bits per heavy atom. The molecule has 126 valence electrons. The molecule has 1 saturated carbocycles. The lowest BCUT2D eigenvalue weighted by atomic mass is 9.86. The first kappa shape index (κ1) is 17.3. The fourth-order valence-electron chi connectivity index (χ4n) is 3.02. The molecule has 0 spiro atoms. The van der Waals surface area contributed by atoms with E-state index in [1.807, 2.05) is 6.07 Å². The molecule has 2 amide bonds. The Morgan fingerprint density at radius 3 is 2.39 bits per heavy atom. The summed E-state index contributed by atoms with van der Waals surface area (Å²) in [6.07, 6.45) is 2.75. The van der Waals surface area contributed by atoms with Crippen molar-refractivity contribution in [1.29, 1.82) is 0 Å². The van der Waals surface area contributed by atoms with Crippen LogP contribution >= 0.6 is 0 Å². The molecule has 0 heterocycles. The Balaban J connectivity index is 1.83. The minimum Gasteiger partial charge on any atom is -0.481 e. The van der Waals surface area contributed by atoms with Gasteiger partial charge in [-0.1, -0.05) is 18.2 Å². The molecule has 23 heavy (non-hydrogen) atoms. The molecule has 1 aliphatic carbocycles. The number of carbonyl (C=O) groups is 2. The maximum atomic E-state index is 12.3. The predicted octanol–water partition coefficient (Wildman–Crippen LogP) is 3.09. The third-order valence-corrected chi connectivity index (χ3v) is 4.74. The highest BCUT2D eigenvalue weighted by Crippen LogP contribution is 2.24. The summed E-state index contributed by atoms with van der Waals surface area (Å²) in [5.41, 5.74) is 3.58. The molecule has 2 rings (SSSR count). The van der Waals surface area contributed by atoms with Gasteiger partial charge in [0.15, 0.2) is 0 Å². The van der Waals surface area contributed by atoms with E-state index in [9.17, 15) is 9.59 Å². The summed E-state index contributed by atoms with van der Waals surface area (Å²) < 4.78 is 0. The van der Waals surface area contributed by atoms with Crippen molar-refractivity contribution in [2.24, 2.45) is 5.92 Å². The highest BCUT2D eigenvalue weighted by molar-refractivity contribution is 5.74. The van der Waals surface area contributed by atoms with Gasteiger partial charge in [0.2, 0.25) is 0 Å². The molecule has 0 atom stereocenters. The van der Waals surface area contributed by atoms with Gasteiger partial charge in [0.25, 0.3) is 0 Å². The van der Waals surface area contributed by atoms with E-state index in [4.69, 9.17) is 5.11 Å². The van der Waals surface area contributed by atoms with E-state index in [1.165, 1.54) is 11.1 Å². The summed E-state index contributed by atoms with van der Waals surface area (Å²) in [6, 6.07) is 6.22. The number of aryl methyl sites for hydroxylation is 2. The number of nitrogens with zero attached hydrogens (tertiary/aromatic N) is 1. The van der Waals surface area contributed by atoms with Crippen LogP contribution in [0.15, 0.2) is 18.2 Å². The zero-order valence-corrected chi connectivity index (χ0v) is 14.1. The first-order valence-electron chi connectivity index (χ1n) is 8.17. The fourth-order valence-corrected chi connectivity index (χ4v) is 3.02. The Labute approximate surface area is 137 Å². The zero-order chi connectivity index (χ0) is 17.0. The number of benzene rings is 1. The van der Waals surface area contributed by atoms with Crippen LogP contribution in [0.25, 0.3) is 0 Å². The van der Waals surface area contributed by atoms with Crippen molar-refractivity contribution < 1.29 is 14.7 Å². The smallest absolute Gasteiger partial charge is 0.317 e. The van der Waals surface area contributed by atoms with E-state index in [2.05, 4.69) is 31.3 Å². The molecule has 5 nitrogen and oxygen atoms in total. The van der Waals surface area contributed by atoms with Crippen molar-refractivity contribution in [2.45, 2.75) is 52.1 Å². The Hall–Kier alpha value is -2.04. The van der Waals surface area contributed by atoms with Gasteiger partial charge >= 0.3 is 12.0 Å². The van der Waals surface area contributed by atoms with Crippen molar-refractivity contribution >= 4 is 12.0 Å². The van der Waals surface area contributed by atoms with Crippen molar-refractivity contribution in [1.82, 2.24) is 10.2 Å². The first-order valence-corrected chi connectivity index (χ1v) is 8.17. The lowest BCUT2D eigenvalue weighted by Crippen LogP contribution is -2.44. The van der Waals surface area contributed by atoms with Gasteiger partial charge in [-0.2, -0.15) is 0 Å². The average molecular weight is 318 g/mol. The minimum absolute atomic E-state index is 0.0836. The zero-order valence-electron chi connectivity index (χ0n) is 14.1. The number of rotatable bonds is 4. The normalized spacial score (nSPS) is 20.8. The van der Waals surface area contributed by atoms with E-state index >= 15 is 0 Å². The van der Waals surface area contributed by atoms with Crippen LogP contribution < -0.4 is 5.32 Å². The second-order valence-corrected chi connectivity index (χ2v) is 6.61. The molecule has 5 heteroatoms. The lowest BCUT2D eigenvalue weighted by molar-refractivity contribution is -0.142. The summed E-state index contributed by atoms with van der Waals surface area (Å²) in [4.78, 5) is 24.9. The number of nitrogens with one attached hydrogen (secondary N) is 1. The van der Waals surface area contributed by atoms with E-state index in [-0.39, 0.29) is 18.0 Å². The highest BCUT2D eigenvalue weighted by atomic mass is 16.4. The van der Waals surface area contributed by atoms with Crippen LogP contribution in [0.2, 0.25) is 0 Å². The standard InChI is InChI=1S/C18H26N2O3/c1-12-4-5-14(10-13(12)2)11-20(3)18(23)19-16-8-6-15(7-9-16)17(21)22/h4-5,10,15-16H,6-9,11H2,1-3H3,(H,19,23)(H,21,22). The SMILES string of the molecule is Cc1ccc(CN(C)C(=O)NC2CCC(C(=O)O)CC2)cc1C. The number of carbonyl (C=O) groups excluding carboxylic acids is 1. The molecule has 1 aromatic rings. The second-order valence-electron chi connectivity index (χ2n) is 6.61. The quantitative estimate of drug-likeness (QED) is 0.896. The molecule has 1 aromatic carbocycles. The number of carboxylic acid groups (broad SMARTS) is 1. The van der Waals surface area contributed by atoms with E-state index in [0.29, 0.717) is 19.4 Å². The molecule has 0 aliphatic heterocycles. The van der Waals surface area contributed by atoms with Gasteiger partial charge in [-0.3, -0.25) is 4.79 Å². The summed E-state index contributed by atoms with van der Waals surface area (Å²) in [7, 11) is 1.79. The van der Waals surface area contributed by atoms with Gasteiger partial charge in [0.1, 0.15) is 0 Å². The van der Waals surface area contributed by atoms with Gasteiger partial charge in [-0.25, -0.2) is 4.79 Å². The van der Waals surface area contributed by atoms with Gasteiger partial charge in [-0.05, 0) is 56.2 Å². The lowest BCUT2D eigenvalue weighted by Gasteiger charge is -2.29. The highest BCUT2D eigenvalue weighted by Gasteiger charge is 2.27. The third-order valence-electron chi connectivity index (χ3n) is 4.74. The number of carboxylic acids is 1. The van der Waals surface area contributed by atoms with E-state index in [0.717, 1.165) is 18.4 Å². The van der Waals surface area contributed by atoms with Crippen LogP contribution in [-0.4, -0.2) is 35.1 Å². The predicted molar refractivity (Wildman–Crippen MR) is 89.3 cm³/mol. The number of hydrogen-bond acceptors (Lipinski definition) is 2.